The van der Waals surface area contributed by atoms with Crippen LogP contribution < -0.4 is 10.2 Å². The highest BCUT2D eigenvalue weighted by atomic mass is 19.1. The highest BCUT2D eigenvalue weighted by molar-refractivity contribution is 5.88. The summed E-state index contributed by atoms with van der Waals surface area (Å²) < 4.78 is 18.6. The van der Waals surface area contributed by atoms with E-state index in [1.807, 2.05) is 7.05 Å². The van der Waals surface area contributed by atoms with Gasteiger partial charge in [-0.3, -0.25) is 4.90 Å². The predicted molar refractivity (Wildman–Crippen MR) is 62.5 cm³/mol. The fourth-order valence-corrected chi connectivity index (χ4v) is 1.93. The molecule has 0 saturated carbocycles. The predicted octanol–water partition coefficient (Wildman–Crippen LogP) is 1.62. The highest BCUT2D eigenvalue weighted by Gasteiger charge is 2.29. The highest BCUT2D eigenvalue weighted by Crippen LogP contribution is 2.23. The molecule has 0 radical (unpaired) electrons. The van der Waals surface area contributed by atoms with Crippen LogP contribution >= 0.6 is 0 Å². The van der Waals surface area contributed by atoms with Gasteiger partial charge in [-0.2, -0.15) is 0 Å². The molecule has 1 aliphatic rings. The lowest BCUT2D eigenvalue weighted by molar-refractivity contribution is 0.115. The van der Waals surface area contributed by atoms with Crippen LogP contribution in [-0.2, 0) is 4.74 Å². The minimum atomic E-state index is -0.484. The third kappa shape index (κ3) is 2.55. The largest absolute Gasteiger partial charge is 0.449 e. The Balaban J connectivity index is 2.18. The summed E-state index contributed by atoms with van der Waals surface area (Å²) in [5.41, 5.74) is 0.276. The molecule has 1 fully saturated rings. The van der Waals surface area contributed by atoms with E-state index in [1.54, 1.807) is 18.2 Å². The van der Waals surface area contributed by atoms with Crippen molar-refractivity contribution in [3.05, 3.63) is 30.1 Å². The van der Waals surface area contributed by atoms with E-state index in [0.29, 0.717) is 13.2 Å². The van der Waals surface area contributed by atoms with Crippen molar-refractivity contribution < 1.29 is 13.9 Å². The zero-order chi connectivity index (χ0) is 12.3. The SMILES string of the molecule is CNCC1COC(=O)N(c2ccccc2F)C1. The summed E-state index contributed by atoms with van der Waals surface area (Å²) in [7, 11) is 1.84. The van der Waals surface area contributed by atoms with Crippen molar-refractivity contribution in [2.75, 3.05) is 31.6 Å². The second-order valence-corrected chi connectivity index (χ2v) is 4.06. The summed E-state index contributed by atoms with van der Waals surface area (Å²) >= 11 is 0. The molecular formula is C12H15FN2O2. The number of carbonyl (C=O) groups is 1. The smallest absolute Gasteiger partial charge is 0.414 e. The molecule has 2 rings (SSSR count). The van der Waals surface area contributed by atoms with Crippen LogP contribution in [0.25, 0.3) is 0 Å². The van der Waals surface area contributed by atoms with E-state index in [0.717, 1.165) is 6.54 Å². The minimum absolute atomic E-state index is 0.178. The third-order valence-electron chi connectivity index (χ3n) is 2.74. The number of ether oxygens (including phenoxy) is 1. The van der Waals surface area contributed by atoms with Gasteiger partial charge in [0, 0.05) is 19.0 Å². The zero-order valence-electron chi connectivity index (χ0n) is 9.65. The average molecular weight is 238 g/mol. The molecule has 1 unspecified atom stereocenters. The van der Waals surface area contributed by atoms with Gasteiger partial charge in [-0.25, -0.2) is 9.18 Å². The number of hydrogen-bond acceptors (Lipinski definition) is 3. The number of hydrogen-bond donors (Lipinski definition) is 1. The Kier molecular flexibility index (Phi) is 3.58. The number of nitrogens with one attached hydrogen (secondary N) is 1. The maximum atomic E-state index is 13.6. The minimum Gasteiger partial charge on any atom is -0.449 e. The van der Waals surface area contributed by atoms with Crippen LogP contribution in [0, 0.1) is 11.7 Å². The molecule has 0 aromatic heterocycles. The van der Waals surface area contributed by atoms with E-state index in [4.69, 9.17) is 4.74 Å². The first kappa shape index (κ1) is 11.9. The van der Waals surface area contributed by atoms with Crippen molar-refractivity contribution in [3.63, 3.8) is 0 Å². The first-order valence-electron chi connectivity index (χ1n) is 5.55. The summed E-state index contributed by atoms with van der Waals surface area (Å²) in [4.78, 5) is 13.0. The van der Waals surface area contributed by atoms with Crippen LogP contribution in [0.5, 0.6) is 0 Å². The number of rotatable bonds is 3. The van der Waals surface area contributed by atoms with Crippen molar-refractivity contribution in [1.29, 1.82) is 0 Å². The van der Waals surface area contributed by atoms with E-state index in [-0.39, 0.29) is 11.6 Å². The molecule has 4 nitrogen and oxygen atoms in total. The van der Waals surface area contributed by atoms with E-state index in [2.05, 4.69) is 5.32 Å². The van der Waals surface area contributed by atoms with Gasteiger partial charge in [0.05, 0.1) is 12.3 Å². The lowest BCUT2D eigenvalue weighted by atomic mass is 10.1. The number of carbonyl (C=O) groups excluding carboxylic acids is 1. The molecule has 0 bridgehead atoms. The normalized spacial score (nSPS) is 20.2. The van der Waals surface area contributed by atoms with Gasteiger partial charge in [0.2, 0.25) is 0 Å². The van der Waals surface area contributed by atoms with Gasteiger partial charge in [-0.15, -0.1) is 0 Å². The fraction of sp³-hybridized carbons (Fsp3) is 0.417. The summed E-state index contributed by atoms with van der Waals surface area (Å²) in [6.07, 6.45) is -0.484. The molecule has 1 atom stereocenters. The molecule has 0 aliphatic carbocycles. The molecule has 1 aromatic rings. The molecule has 1 amide bonds. The van der Waals surface area contributed by atoms with Gasteiger partial charge < -0.3 is 10.1 Å². The van der Waals surface area contributed by atoms with Crippen molar-refractivity contribution in [2.24, 2.45) is 5.92 Å². The second-order valence-electron chi connectivity index (χ2n) is 4.06. The Morgan fingerprint density at radius 2 is 2.29 bits per heavy atom. The van der Waals surface area contributed by atoms with Crippen LogP contribution in [0.1, 0.15) is 0 Å². The van der Waals surface area contributed by atoms with E-state index in [9.17, 15) is 9.18 Å². The molecule has 1 aromatic carbocycles. The molecule has 0 spiro atoms. The Bertz CT molecular complexity index is 411. The van der Waals surface area contributed by atoms with Crippen LogP contribution in [0.2, 0.25) is 0 Å². The monoisotopic (exact) mass is 238 g/mol. The van der Waals surface area contributed by atoms with Gasteiger partial charge in [-0.05, 0) is 19.2 Å². The number of amides is 1. The van der Waals surface area contributed by atoms with Gasteiger partial charge >= 0.3 is 6.09 Å². The summed E-state index contributed by atoms with van der Waals surface area (Å²) in [6.45, 7) is 1.59. The number of anilines is 1. The zero-order valence-corrected chi connectivity index (χ0v) is 9.65. The Morgan fingerprint density at radius 3 is 3.00 bits per heavy atom. The molecule has 1 aliphatic heterocycles. The quantitative estimate of drug-likeness (QED) is 0.870. The van der Waals surface area contributed by atoms with Gasteiger partial charge in [0.15, 0.2) is 0 Å². The molecule has 1 heterocycles. The van der Waals surface area contributed by atoms with Crippen molar-refractivity contribution >= 4 is 11.8 Å². The Labute approximate surface area is 99.4 Å². The number of halogens is 1. The second kappa shape index (κ2) is 5.14. The van der Waals surface area contributed by atoms with Gasteiger partial charge in [-0.1, -0.05) is 12.1 Å². The van der Waals surface area contributed by atoms with Gasteiger partial charge in [0.1, 0.15) is 5.82 Å². The number of nitrogens with zero attached hydrogens (tertiary/aromatic N) is 1. The number of cyclic esters (lactones) is 1. The molecule has 1 saturated heterocycles. The van der Waals surface area contributed by atoms with Crippen LogP contribution in [0.15, 0.2) is 24.3 Å². The topological polar surface area (TPSA) is 41.6 Å². The van der Waals surface area contributed by atoms with Crippen LogP contribution in [0.4, 0.5) is 14.9 Å². The van der Waals surface area contributed by atoms with Crippen LogP contribution in [0.3, 0.4) is 0 Å². The third-order valence-corrected chi connectivity index (χ3v) is 2.74. The van der Waals surface area contributed by atoms with Gasteiger partial charge in [0.25, 0.3) is 0 Å². The number of benzene rings is 1. The van der Waals surface area contributed by atoms with E-state index in [1.165, 1.54) is 11.0 Å². The van der Waals surface area contributed by atoms with Crippen molar-refractivity contribution in [2.45, 2.75) is 0 Å². The first-order chi connectivity index (χ1) is 8.22. The van der Waals surface area contributed by atoms with Crippen molar-refractivity contribution in [3.8, 4) is 0 Å². The maximum Gasteiger partial charge on any atom is 0.414 e. The van der Waals surface area contributed by atoms with E-state index < -0.39 is 11.9 Å². The summed E-state index contributed by atoms with van der Waals surface area (Å²) in [5.74, 6) is -0.230. The molecule has 1 N–H and O–H groups in total. The lowest BCUT2D eigenvalue weighted by Crippen LogP contribution is -2.46. The molecular weight excluding hydrogens is 223 g/mol. The molecule has 5 heteroatoms. The Hall–Kier alpha value is -1.62. The average Bonchev–Trinajstić information content (AvgIpc) is 2.33. The lowest BCUT2D eigenvalue weighted by Gasteiger charge is -2.32. The van der Waals surface area contributed by atoms with E-state index >= 15 is 0 Å². The Morgan fingerprint density at radius 1 is 1.53 bits per heavy atom. The number of para-hydroxylation sites is 1. The molecule has 17 heavy (non-hydrogen) atoms. The maximum absolute atomic E-state index is 13.6. The molecule has 92 valence electrons. The van der Waals surface area contributed by atoms with Crippen LogP contribution in [-0.4, -0.2) is 32.8 Å². The summed E-state index contributed by atoms with van der Waals surface area (Å²) in [5, 5.41) is 3.03. The fourth-order valence-electron chi connectivity index (χ4n) is 1.93. The first-order valence-corrected chi connectivity index (χ1v) is 5.55. The summed E-state index contributed by atoms with van der Waals surface area (Å²) in [6, 6.07) is 6.22. The van der Waals surface area contributed by atoms with Crippen molar-refractivity contribution in [1.82, 2.24) is 5.32 Å². The standard InChI is InChI=1S/C12H15FN2O2/c1-14-6-9-7-15(12(16)17-8-9)11-5-3-2-4-10(11)13/h2-5,9,14H,6-8H2,1H3.